The van der Waals surface area contributed by atoms with Crippen LogP contribution in [0.4, 0.5) is 16.2 Å². The number of thiazole rings is 1. The number of aromatic nitrogens is 1. The topological polar surface area (TPSA) is 54.2 Å². The van der Waals surface area contributed by atoms with Gasteiger partial charge in [0, 0.05) is 18.2 Å². The van der Waals surface area contributed by atoms with Crippen LogP contribution >= 0.6 is 22.9 Å². The van der Waals surface area contributed by atoms with Gasteiger partial charge in [-0.15, -0.1) is 0 Å². The highest BCUT2D eigenvalue weighted by molar-refractivity contribution is 7.09. The first-order valence-electron chi connectivity index (χ1n) is 14.6. The Kier molecular flexibility index (Phi) is 14.2. The van der Waals surface area contributed by atoms with E-state index >= 15 is 0 Å². The number of hydrogen-bond donors (Lipinski definition) is 2. The van der Waals surface area contributed by atoms with E-state index in [0.29, 0.717) is 23.1 Å². The van der Waals surface area contributed by atoms with Crippen molar-refractivity contribution in [3.63, 3.8) is 0 Å². The number of urea groups is 1. The summed E-state index contributed by atoms with van der Waals surface area (Å²) in [5.41, 5.74) is 2.42. The number of amides is 2. The van der Waals surface area contributed by atoms with E-state index in [-0.39, 0.29) is 6.03 Å². The molecule has 39 heavy (non-hydrogen) atoms. The lowest BCUT2D eigenvalue weighted by molar-refractivity contribution is -0.689. The number of nitrogens with zero attached hydrogens (tertiary/aromatic N) is 1. The summed E-state index contributed by atoms with van der Waals surface area (Å²) in [6.45, 7) is 5.71. The van der Waals surface area contributed by atoms with Gasteiger partial charge in [-0.1, -0.05) is 119 Å². The summed E-state index contributed by atoms with van der Waals surface area (Å²) in [6.07, 6.45) is 17.7. The number of ether oxygens (including phenoxy) is 1. The molecule has 0 unspecified atom stereocenters. The first-order chi connectivity index (χ1) is 19.1. The molecule has 3 aromatic rings. The SMILES string of the molecule is CCCCCCCCCCCCCCOc1c(Cl)cccc1NC(=O)Nc1cccc(C[n+]2ccsc2C)c1. The first-order valence-corrected chi connectivity index (χ1v) is 15.8. The van der Waals surface area contributed by atoms with Crippen LogP contribution < -0.4 is 19.9 Å². The van der Waals surface area contributed by atoms with Crippen molar-refractivity contribution in [3.05, 3.63) is 69.6 Å². The minimum absolute atomic E-state index is 0.330. The van der Waals surface area contributed by atoms with E-state index in [2.05, 4.69) is 46.7 Å². The van der Waals surface area contributed by atoms with Crippen LogP contribution in [0, 0.1) is 6.92 Å². The standard InChI is InChI=1S/C32H44ClN3O2S/c1-3-4-5-6-7-8-9-10-11-12-13-14-22-38-31-29(33)19-16-20-30(31)35-32(37)34-28-18-15-17-27(24-28)25-36-21-23-39-26(36)2/h15-21,23-24H,3-14,22,25H2,1-2H3,(H-,34,35,37)/p+1. The molecule has 212 valence electrons. The minimum atomic E-state index is -0.330. The molecule has 3 rings (SSSR count). The molecule has 0 saturated heterocycles. The van der Waals surface area contributed by atoms with Gasteiger partial charge in [-0.3, -0.25) is 0 Å². The fraction of sp³-hybridized carbons (Fsp3) is 0.500. The molecule has 5 nitrogen and oxygen atoms in total. The molecule has 0 saturated carbocycles. The fourth-order valence-electron chi connectivity index (χ4n) is 4.64. The Morgan fingerprint density at radius 1 is 0.897 bits per heavy atom. The van der Waals surface area contributed by atoms with Gasteiger partial charge in [0.15, 0.2) is 18.5 Å². The maximum absolute atomic E-state index is 12.8. The Balaban J connectivity index is 1.37. The molecule has 1 aromatic heterocycles. The molecule has 2 N–H and O–H groups in total. The summed E-state index contributed by atoms with van der Waals surface area (Å²) < 4.78 is 8.21. The molecule has 0 aliphatic heterocycles. The molecule has 0 aliphatic carbocycles. The molecule has 0 spiro atoms. The average molecular weight is 571 g/mol. The van der Waals surface area contributed by atoms with Gasteiger partial charge in [0.1, 0.15) is 0 Å². The van der Waals surface area contributed by atoms with Crippen LogP contribution in [0.15, 0.2) is 54.0 Å². The van der Waals surface area contributed by atoms with E-state index in [4.69, 9.17) is 16.3 Å². The van der Waals surface area contributed by atoms with E-state index in [1.54, 1.807) is 17.4 Å². The van der Waals surface area contributed by atoms with Crippen molar-refractivity contribution in [1.82, 2.24) is 0 Å². The normalized spacial score (nSPS) is 10.9. The van der Waals surface area contributed by atoms with Crippen LogP contribution in [0.1, 0.15) is 94.5 Å². The smallest absolute Gasteiger partial charge is 0.323 e. The Hall–Kier alpha value is -2.57. The summed E-state index contributed by atoms with van der Waals surface area (Å²) in [7, 11) is 0. The molecule has 1 heterocycles. The van der Waals surface area contributed by atoms with Crippen LogP contribution in [0.5, 0.6) is 5.75 Å². The largest absolute Gasteiger partial charge is 0.490 e. The quantitative estimate of drug-likeness (QED) is 0.118. The number of halogens is 1. The second-order valence-corrected chi connectivity index (χ2v) is 11.7. The van der Waals surface area contributed by atoms with Crippen molar-refractivity contribution < 1.29 is 14.1 Å². The number of carbonyl (C=O) groups excluding carboxylic acids is 1. The average Bonchev–Trinajstić information content (AvgIpc) is 3.32. The number of para-hydroxylation sites is 1. The van der Waals surface area contributed by atoms with E-state index in [1.165, 1.54) is 69.2 Å². The highest BCUT2D eigenvalue weighted by Crippen LogP contribution is 2.33. The second kappa shape index (κ2) is 17.9. The van der Waals surface area contributed by atoms with Gasteiger partial charge in [0.25, 0.3) is 0 Å². The molecule has 0 atom stereocenters. The van der Waals surface area contributed by atoms with Crippen LogP contribution in [0.3, 0.4) is 0 Å². The molecule has 0 aliphatic rings. The molecule has 2 aromatic carbocycles. The highest BCUT2D eigenvalue weighted by Gasteiger charge is 2.13. The number of rotatable bonds is 18. The lowest BCUT2D eigenvalue weighted by Crippen LogP contribution is -2.34. The number of aryl methyl sites for hydroxylation is 1. The molecule has 0 radical (unpaired) electrons. The molecule has 0 fully saturated rings. The van der Waals surface area contributed by atoms with Crippen molar-refractivity contribution in [2.75, 3.05) is 17.2 Å². The summed E-state index contributed by atoms with van der Waals surface area (Å²) in [5.74, 6) is 0.524. The zero-order chi connectivity index (χ0) is 27.7. The second-order valence-electron chi connectivity index (χ2n) is 10.2. The van der Waals surface area contributed by atoms with Crippen molar-refractivity contribution in [2.24, 2.45) is 0 Å². The van der Waals surface area contributed by atoms with Gasteiger partial charge in [-0.2, -0.15) is 4.57 Å². The summed E-state index contributed by atoms with van der Waals surface area (Å²) in [6, 6.07) is 13.0. The Labute approximate surface area is 243 Å². The van der Waals surface area contributed by atoms with Crippen LogP contribution in [0.2, 0.25) is 5.02 Å². The van der Waals surface area contributed by atoms with E-state index in [9.17, 15) is 4.79 Å². The molecule has 7 heteroatoms. The van der Waals surface area contributed by atoms with Crippen molar-refractivity contribution >= 4 is 40.3 Å². The monoisotopic (exact) mass is 570 g/mol. The number of hydrogen-bond acceptors (Lipinski definition) is 3. The van der Waals surface area contributed by atoms with Gasteiger partial charge >= 0.3 is 6.03 Å². The Bertz CT molecular complexity index is 1130. The lowest BCUT2D eigenvalue weighted by Gasteiger charge is -2.15. The van der Waals surface area contributed by atoms with Crippen LogP contribution in [-0.4, -0.2) is 12.6 Å². The zero-order valence-corrected chi connectivity index (χ0v) is 25.2. The van der Waals surface area contributed by atoms with E-state index in [1.807, 2.05) is 30.3 Å². The maximum Gasteiger partial charge on any atom is 0.323 e. The Morgan fingerprint density at radius 3 is 2.23 bits per heavy atom. The van der Waals surface area contributed by atoms with Gasteiger partial charge < -0.3 is 15.4 Å². The summed E-state index contributed by atoms with van der Waals surface area (Å²) in [5, 5.41) is 9.65. The first kappa shape index (κ1) is 31.0. The fourth-order valence-corrected chi connectivity index (χ4v) is 5.53. The third-order valence-electron chi connectivity index (χ3n) is 6.88. The van der Waals surface area contributed by atoms with Crippen molar-refractivity contribution in [3.8, 4) is 5.75 Å². The molecular weight excluding hydrogens is 526 g/mol. The highest BCUT2D eigenvalue weighted by atomic mass is 35.5. The number of benzene rings is 2. The third-order valence-corrected chi connectivity index (χ3v) is 8.01. The maximum atomic E-state index is 12.8. The van der Waals surface area contributed by atoms with Crippen molar-refractivity contribution in [2.45, 2.75) is 97.4 Å². The van der Waals surface area contributed by atoms with Crippen LogP contribution in [0.25, 0.3) is 0 Å². The van der Waals surface area contributed by atoms with E-state index < -0.39 is 0 Å². The third kappa shape index (κ3) is 11.6. The van der Waals surface area contributed by atoms with Gasteiger partial charge in [-0.05, 0) is 30.7 Å². The predicted molar refractivity (Wildman–Crippen MR) is 165 cm³/mol. The summed E-state index contributed by atoms with van der Waals surface area (Å²) >= 11 is 8.14. The van der Waals surface area contributed by atoms with E-state index in [0.717, 1.165) is 30.6 Å². The lowest BCUT2D eigenvalue weighted by atomic mass is 10.1. The van der Waals surface area contributed by atoms with Gasteiger partial charge in [0.05, 0.1) is 22.7 Å². The summed E-state index contributed by atoms with van der Waals surface area (Å²) in [4.78, 5) is 12.8. The molecular formula is C32H45ClN3O2S+. The van der Waals surface area contributed by atoms with Gasteiger partial charge in [-0.25, -0.2) is 4.79 Å². The number of unbranched alkanes of at least 4 members (excludes halogenated alkanes) is 11. The molecule has 2 amide bonds. The number of carbonyl (C=O) groups is 1. The number of nitrogens with one attached hydrogen (secondary N) is 2. The Morgan fingerprint density at radius 2 is 1.56 bits per heavy atom. The zero-order valence-electron chi connectivity index (χ0n) is 23.6. The van der Waals surface area contributed by atoms with Crippen molar-refractivity contribution in [1.29, 1.82) is 0 Å². The van der Waals surface area contributed by atoms with Gasteiger partial charge in [0.2, 0.25) is 5.01 Å². The predicted octanol–water partition coefficient (Wildman–Crippen LogP) is 9.77. The number of anilines is 2. The molecule has 0 bridgehead atoms. The van der Waals surface area contributed by atoms with Crippen LogP contribution in [-0.2, 0) is 6.54 Å². The minimum Gasteiger partial charge on any atom is -0.490 e.